The standard InChI is InChI=1S/C15H21NO3/c1-18-14(19-2)10-16-15(17)13-9-5-7-11-6-3-4-8-12(11)13/h3-4,6,8,13-14H,5,7,9-10H2,1-2H3,(H,16,17). The fourth-order valence-electron chi connectivity index (χ4n) is 2.60. The molecule has 0 heterocycles. The van der Waals surface area contributed by atoms with E-state index in [9.17, 15) is 4.79 Å². The molecule has 1 aliphatic rings. The van der Waals surface area contributed by atoms with E-state index in [1.165, 1.54) is 5.56 Å². The Morgan fingerprint density at radius 3 is 2.84 bits per heavy atom. The largest absolute Gasteiger partial charge is 0.354 e. The topological polar surface area (TPSA) is 47.6 Å². The summed E-state index contributed by atoms with van der Waals surface area (Å²) in [7, 11) is 3.13. The molecule has 0 fully saturated rings. The Labute approximate surface area is 114 Å². The highest BCUT2D eigenvalue weighted by Gasteiger charge is 2.26. The van der Waals surface area contributed by atoms with Gasteiger partial charge in [0.05, 0.1) is 12.5 Å². The maximum absolute atomic E-state index is 12.3. The van der Waals surface area contributed by atoms with Gasteiger partial charge in [-0.3, -0.25) is 4.79 Å². The Balaban J connectivity index is 2.01. The van der Waals surface area contributed by atoms with Crippen molar-refractivity contribution in [3.8, 4) is 0 Å². The third kappa shape index (κ3) is 3.33. The summed E-state index contributed by atoms with van der Waals surface area (Å²) in [5.74, 6) is 0.0190. The van der Waals surface area contributed by atoms with E-state index in [4.69, 9.17) is 9.47 Å². The molecule has 1 aromatic rings. The molecule has 4 heteroatoms. The number of amides is 1. The summed E-state index contributed by atoms with van der Waals surface area (Å²) in [6, 6.07) is 8.20. The Morgan fingerprint density at radius 1 is 1.37 bits per heavy atom. The van der Waals surface area contributed by atoms with Crippen LogP contribution in [0.5, 0.6) is 0 Å². The summed E-state index contributed by atoms with van der Waals surface area (Å²) >= 11 is 0. The number of nitrogens with one attached hydrogen (secondary N) is 1. The molecule has 0 spiro atoms. The number of benzene rings is 1. The molecular weight excluding hydrogens is 242 g/mol. The molecule has 0 bridgehead atoms. The SMILES string of the molecule is COC(CNC(=O)C1CCCc2ccccc21)OC. The molecule has 19 heavy (non-hydrogen) atoms. The van der Waals surface area contributed by atoms with Crippen LogP contribution in [0.2, 0.25) is 0 Å². The maximum Gasteiger partial charge on any atom is 0.227 e. The molecule has 1 aromatic carbocycles. The third-order valence-corrected chi connectivity index (χ3v) is 3.65. The van der Waals surface area contributed by atoms with Crippen molar-refractivity contribution in [2.75, 3.05) is 20.8 Å². The molecule has 1 unspecified atom stereocenters. The number of ether oxygens (including phenoxy) is 2. The summed E-state index contributed by atoms with van der Waals surface area (Å²) in [6.45, 7) is 0.379. The van der Waals surface area contributed by atoms with Crippen LogP contribution in [0.3, 0.4) is 0 Å². The number of aryl methyl sites for hydroxylation is 1. The average Bonchev–Trinajstić information content (AvgIpc) is 2.47. The fourth-order valence-corrected chi connectivity index (χ4v) is 2.60. The van der Waals surface area contributed by atoms with E-state index >= 15 is 0 Å². The highest BCUT2D eigenvalue weighted by molar-refractivity contribution is 5.84. The van der Waals surface area contributed by atoms with E-state index in [-0.39, 0.29) is 18.1 Å². The van der Waals surface area contributed by atoms with Gasteiger partial charge >= 0.3 is 0 Å². The quantitative estimate of drug-likeness (QED) is 0.825. The van der Waals surface area contributed by atoms with Gasteiger partial charge in [0.25, 0.3) is 0 Å². The molecule has 1 atom stereocenters. The zero-order valence-electron chi connectivity index (χ0n) is 11.5. The third-order valence-electron chi connectivity index (χ3n) is 3.65. The van der Waals surface area contributed by atoms with Gasteiger partial charge in [-0.05, 0) is 30.4 Å². The van der Waals surface area contributed by atoms with Gasteiger partial charge in [0.15, 0.2) is 6.29 Å². The second kappa shape index (κ2) is 6.68. The van der Waals surface area contributed by atoms with Gasteiger partial charge in [-0.2, -0.15) is 0 Å². The molecule has 2 rings (SSSR count). The first-order chi connectivity index (χ1) is 9.26. The average molecular weight is 263 g/mol. The first kappa shape index (κ1) is 14.0. The number of carbonyl (C=O) groups excluding carboxylic acids is 1. The molecule has 1 amide bonds. The molecular formula is C15H21NO3. The molecule has 1 N–H and O–H groups in total. The zero-order chi connectivity index (χ0) is 13.7. The predicted molar refractivity (Wildman–Crippen MR) is 72.9 cm³/mol. The normalized spacial score (nSPS) is 18.2. The number of methoxy groups -OCH3 is 2. The number of fused-ring (bicyclic) bond motifs is 1. The van der Waals surface area contributed by atoms with Crippen molar-refractivity contribution in [2.45, 2.75) is 31.5 Å². The first-order valence-corrected chi connectivity index (χ1v) is 6.67. The molecule has 1 aliphatic carbocycles. The van der Waals surface area contributed by atoms with Crippen molar-refractivity contribution >= 4 is 5.91 Å². The van der Waals surface area contributed by atoms with Crippen molar-refractivity contribution in [3.05, 3.63) is 35.4 Å². The van der Waals surface area contributed by atoms with E-state index < -0.39 is 0 Å². The van der Waals surface area contributed by atoms with E-state index in [0.29, 0.717) is 6.54 Å². The highest BCUT2D eigenvalue weighted by Crippen LogP contribution is 2.31. The van der Waals surface area contributed by atoms with Crippen LogP contribution in [0, 0.1) is 0 Å². The van der Waals surface area contributed by atoms with Gasteiger partial charge in [-0.15, -0.1) is 0 Å². The van der Waals surface area contributed by atoms with Gasteiger partial charge in [0, 0.05) is 14.2 Å². The molecule has 0 aliphatic heterocycles. The van der Waals surface area contributed by atoms with E-state index in [0.717, 1.165) is 24.8 Å². The van der Waals surface area contributed by atoms with Crippen LogP contribution in [-0.2, 0) is 20.7 Å². The second-order valence-corrected chi connectivity index (χ2v) is 4.79. The smallest absolute Gasteiger partial charge is 0.227 e. The minimum absolute atomic E-state index is 0.0423. The molecule has 104 valence electrons. The van der Waals surface area contributed by atoms with E-state index in [2.05, 4.69) is 17.4 Å². The van der Waals surface area contributed by atoms with Crippen molar-refractivity contribution in [1.29, 1.82) is 0 Å². The lowest BCUT2D eigenvalue weighted by Gasteiger charge is -2.25. The zero-order valence-corrected chi connectivity index (χ0v) is 11.5. The number of hydrogen-bond donors (Lipinski definition) is 1. The van der Waals surface area contributed by atoms with Gasteiger partial charge in [0.1, 0.15) is 0 Å². The number of carbonyl (C=O) groups is 1. The van der Waals surface area contributed by atoms with Crippen LogP contribution >= 0.6 is 0 Å². The Kier molecular flexibility index (Phi) is 4.93. The number of rotatable bonds is 5. The van der Waals surface area contributed by atoms with Crippen LogP contribution in [0.25, 0.3) is 0 Å². The fraction of sp³-hybridized carbons (Fsp3) is 0.533. The number of hydrogen-bond acceptors (Lipinski definition) is 3. The van der Waals surface area contributed by atoms with Crippen LogP contribution in [-0.4, -0.2) is 33.0 Å². The Bertz CT molecular complexity index is 429. The van der Waals surface area contributed by atoms with E-state index in [1.54, 1.807) is 14.2 Å². The first-order valence-electron chi connectivity index (χ1n) is 6.67. The summed E-state index contributed by atoms with van der Waals surface area (Å²) in [6.07, 6.45) is 2.65. The minimum atomic E-state index is -0.386. The molecule has 0 saturated heterocycles. The molecule has 4 nitrogen and oxygen atoms in total. The van der Waals surface area contributed by atoms with Crippen LogP contribution in [0.1, 0.15) is 29.9 Å². The predicted octanol–water partition coefficient (Wildman–Crippen LogP) is 1.84. The van der Waals surface area contributed by atoms with E-state index in [1.807, 2.05) is 12.1 Å². The van der Waals surface area contributed by atoms with Crippen LogP contribution in [0.4, 0.5) is 0 Å². The molecule has 0 radical (unpaired) electrons. The lowest BCUT2D eigenvalue weighted by molar-refractivity contribution is -0.129. The monoisotopic (exact) mass is 263 g/mol. The highest BCUT2D eigenvalue weighted by atomic mass is 16.7. The van der Waals surface area contributed by atoms with Gasteiger partial charge in [-0.1, -0.05) is 24.3 Å². The van der Waals surface area contributed by atoms with Gasteiger partial charge < -0.3 is 14.8 Å². The summed E-state index contributed by atoms with van der Waals surface area (Å²) in [5.41, 5.74) is 2.46. The summed E-state index contributed by atoms with van der Waals surface area (Å²) in [5, 5.41) is 2.91. The summed E-state index contributed by atoms with van der Waals surface area (Å²) in [4.78, 5) is 12.3. The van der Waals surface area contributed by atoms with Gasteiger partial charge in [-0.25, -0.2) is 0 Å². The molecule has 0 saturated carbocycles. The lowest BCUT2D eigenvalue weighted by Crippen LogP contribution is -2.37. The van der Waals surface area contributed by atoms with Crippen LogP contribution in [0.15, 0.2) is 24.3 Å². The van der Waals surface area contributed by atoms with Crippen molar-refractivity contribution in [3.63, 3.8) is 0 Å². The minimum Gasteiger partial charge on any atom is -0.354 e. The van der Waals surface area contributed by atoms with Crippen LogP contribution < -0.4 is 5.32 Å². The second-order valence-electron chi connectivity index (χ2n) is 4.79. The Hall–Kier alpha value is -1.39. The van der Waals surface area contributed by atoms with Gasteiger partial charge in [0.2, 0.25) is 5.91 Å². The van der Waals surface area contributed by atoms with Crippen molar-refractivity contribution in [1.82, 2.24) is 5.32 Å². The molecule has 0 aromatic heterocycles. The summed E-state index contributed by atoms with van der Waals surface area (Å²) < 4.78 is 10.1. The Morgan fingerprint density at radius 2 is 2.11 bits per heavy atom. The van der Waals surface area contributed by atoms with Crippen molar-refractivity contribution in [2.24, 2.45) is 0 Å². The van der Waals surface area contributed by atoms with Crippen molar-refractivity contribution < 1.29 is 14.3 Å². The maximum atomic E-state index is 12.3. The lowest BCUT2D eigenvalue weighted by atomic mass is 9.82.